The largest absolute Gasteiger partial charge is 0.329 e. The van der Waals surface area contributed by atoms with Crippen molar-refractivity contribution in [2.24, 2.45) is 5.73 Å². The molecule has 3 heteroatoms. The minimum atomic E-state index is -0.213. The van der Waals surface area contributed by atoms with Gasteiger partial charge in [0.15, 0.2) is 0 Å². The molecule has 0 aromatic rings. The van der Waals surface area contributed by atoms with Crippen LogP contribution < -0.4 is 5.73 Å². The molecule has 0 heterocycles. The van der Waals surface area contributed by atoms with Gasteiger partial charge in [-0.05, 0) is 0 Å². The molecule has 2 N–H and O–H groups in total. The second kappa shape index (κ2) is 2.67. The summed E-state index contributed by atoms with van der Waals surface area (Å²) in [5.74, 6) is 0. The molecule has 0 radical (unpaired) electrons. The van der Waals surface area contributed by atoms with Gasteiger partial charge in [-0.3, -0.25) is 0 Å². The first-order valence-corrected chi connectivity index (χ1v) is 3.05. The molecule has 0 amide bonds. The summed E-state index contributed by atoms with van der Waals surface area (Å²) in [6.45, 7) is 0.807. The monoisotopic (exact) mass is 137 g/mol. The number of hydrogen-bond donors (Lipinski definition) is 1. The highest BCUT2D eigenvalue weighted by molar-refractivity contribution is 6.20. The van der Waals surface area contributed by atoms with Gasteiger partial charge in [-0.2, -0.15) is 0 Å². The van der Waals surface area contributed by atoms with Crippen LogP contribution in [0.2, 0.25) is 0 Å². The van der Waals surface area contributed by atoms with Crippen molar-refractivity contribution in [3.05, 3.63) is 0 Å². The number of rotatable bonds is 2. The van der Waals surface area contributed by atoms with Gasteiger partial charge in [0.1, 0.15) is 12.0 Å². The second-order valence-corrected chi connectivity index (χ2v) is 3.55. The summed E-state index contributed by atoms with van der Waals surface area (Å²) in [4.78, 5) is 0. The molecule has 1 atom stereocenters. The Morgan fingerprint density at radius 2 is 1.88 bits per heavy atom. The summed E-state index contributed by atoms with van der Waals surface area (Å²) < 4.78 is 0.824. The van der Waals surface area contributed by atoms with Crippen LogP contribution in [-0.4, -0.2) is 37.7 Å². The van der Waals surface area contributed by atoms with Crippen molar-refractivity contribution in [2.75, 3.05) is 27.7 Å². The van der Waals surface area contributed by atoms with Crippen LogP contribution in [0.1, 0.15) is 0 Å². The predicted molar refractivity (Wildman–Crippen MR) is 36.7 cm³/mol. The van der Waals surface area contributed by atoms with Crippen molar-refractivity contribution in [2.45, 2.75) is 5.50 Å². The van der Waals surface area contributed by atoms with Crippen molar-refractivity contribution in [1.82, 2.24) is 0 Å². The van der Waals surface area contributed by atoms with Crippen molar-refractivity contribution in [3.63, 3.8) is 0 Å². The molecule has 1 unspecified atom stereocenters. The molecular weight excluding hydrogens is 124 g/mol. The summed E-state index contributed by atoms with van der Waals surface area (Å²) >= 11 is 5.52. The summed E-state index contributed by atoms with van der Waals surface area (Å²) in [5, 5.41) is 0. The molecule has 0 saturated carbocycles. The minimum absolute atomic E-state index is 0.213. The first-order chi connectivity index (χ1) is 3.42. The Morgan fingerprint density at radius 1 is 1.50 bits per heavy atom. The summed E-state index contributed by atoms with van der Waals surface area (Å²) in [6.07, 6.45) is 0. The van der Waals surface area contributed by atoms with Crippen LogP contribution in [0.25, 0.3) is 0 Å². The molecule has 0 bridgehead atoms. The highest BCUT2D eigenvalue weighted by Gasteiger charge is 2.10. The van der Waals surface area contributed by atoms with Crippen molar-refractivity contribution < 1.29 is 4.48 Å². The predicted octanol–water partition coefficient (Wildman–Crippen LogP) is 0.216. The number of alkyl halides is 1. The van der Waals surface area contributed by atoms with Gasteiger partial charge in [-0.25, -0.2) is 0 Å². The van der Waals surface area contributed by atoms with Crippen LogP contribution in [-0.2, 0) is 0 Å². The Morgan fingerprint density at radius 3 is 1.88 bits per heavy atom. The third-order valence-electron chi connectivity index (χ3n) is 0.722. The lowest BCUT2D eigenvalue weighted by atomic mass is 10.5. The Kier molecular flexibility index (Phi) is 2.74. The van der Waals surface area contributed by atoms with E-state index >= 15 is 0 Å². The van der Waals surface area contributed by atoms with E-state index < -0.39 is 0 Å². The van der Waals surface area contributed by atoms with E-state index in [4.69, 9.17) is 17.3 Å². The average molecular weight is 138 g/mol. The lowest BCUT2D eigenvalue weighted by Crippen LogP contribution is -2.42. The number of nitrogens with two attached hydrogens (primary N) is 1. The van der Waals surface area contributed by atoms with Crippen molar-refractivity contribution >= 4 is 11.6 Å². The van der Waals surface area contributed by atoms with Gasteiger partial charge in [0.2, 0.25) is 0 Å². The van der Waals surface area contributed by atoms with Gasteiger partial charge in [0, 0.05) is 0 Å². The summed E-state index contributed by atoms with van der Waals surface area (Å²) in [7, 11) is 6.17. The third-order valence-corrected chi connectivity index (χ3v) is 0.860. The fourth-order valence-corrected chi connectivity index (χ4v) is 0.937. The van der Waals surface area contributed by atoms with Crippen LogP contribution in [0.4, 0.5) is 0 Å². The fraction of sp³-hybridized carbons (Fsp3) is 1.00. The fourth-order valence-electron chi connectivity index (χ4n) is 0.523. The maximum atomic E-state index is 5.52. The Labute approximate surface area is 55.8 Å². The topological polar surface area (TPSA) is 26.0 Å². The standard InChI is InChI=1S/C5H14ClN2/c1-8(2,3)4-5(6)7/h5H,4,7H2,1-3H3/q+1. The number of nitrogens with zero attached hydrogens (tertiary/aromatic N) is 1. The van der Waals surface area contributed by atoms with Gasteiger partial charge < -0.3 is 10.2 Å². The molecule has 0 saturated heterocycles. The Hall–Kier alpha value is 0.210. The Bertz CT molecular complexity index is 65.3. The molecule has 0 spiro atoms. The Balaban J connectivity index is 3.39. The molecule has 8 heavy (non-hydrogen) atoms. The molecule has 0 rings (SSSR count). The molecular formula is C5H14ClN2+. The van der Waals surface area contributed by atoms with Crippen LogP contribution in [0.15, 0.2) is 0 Å². The van der Waals surface area contributed by atoms with Gasteiger partial charge in [0.05, 0.1) is 21.1 Å². The van der Waals surface area contributed by atoms with Crippen LogP contribution in [0, 0.1) is 0 Å². The highest BCUT2D eigenvalue weighted by atomic mass is 35.5. The maximum Gasteiger partial charge on any atom is 0.130 e. The molecule has 0 aliphatic rings. The van der Waals surface area contributed by atoms with Gasteiger partial charge in [0.25, 0.3) is 0 Å². The zero-order chi connectivity index (χ0) is 6.78. The minimum Gasteiger partial charge on any atom is -0.329 e. The summed E-state index contributed by atoms with van der Waals surface area (Å²) in [5.41, 5.74) is 5.12. The van der Waals surface area contributed by atoms with E-state index in [9.17, 15) is 0 Å². The van der Waals surface area contributed by atoms with Gasteiger partial charge in [-0.1, -0.05) is 11.6 Å². The van der Waals surface area contributed by atoms with Crippen molar-refractivity contribution in [1.29, 1.82) is 0 Å². The summed E-state index contributed by atoms with van der Waals surface area (Å²) in [6, 6.07) is 0. The average Bonchev–Trinajstić information content (AvgIpc) is 1.21. The molecule has 0 aromatic heterocycles. The lowest BCUT2D eigenvalue weighted by Gasteiger charge is -2.24. The molecule has 0 aliphatic heterocycles. The highest BCUT2D eigenvalue weighted by Crippen LogP contribution is 1.94. The first-order valence-electron chi connectivity index (χ1n) is 2.62. The second-order valence-electron chi connectivity index (χ2n) is 2.99. The number of hydrogen-bond acceptors (Lipinski definition) is 1. The molecule has 0 aromatic carbocycles. The zero-order valence-corrected chi connectivity index (χ0v) is 6.44. The third kappa shape index (κ3) is 6.21. The van der Waals surface area contributed by atoms with Gasteiger partial charge >= 0.3 is 0 Å². The smallest absolute Gasteiger partial charge is 0.130 e. The van der Waals surface area contributed by atoms with Gasteiger partial charge in [-0.15, -0.1) is 0 Å². The normalized spacial score (nSPS) is 16.1. The molecule has 0 aliphatic carbocycles. The number of likely N-dealkylation sites (N-methyl/N-ethyl adjacent to an activating group) is 1. The SMILES string of the molecule is C[N+](C)(C)CC(N)Cl. The van der Waals surface area contributed by atoms with Crippen LogP contribution in [0.5, 0.6) is 0 Å². The lowest BCUT2D eigenvalue weighted by molar-refractivity contribution is -0.869. The molecule has 50 valence electrons. The van der Waals surface area contributed by atoms with Crippen molar-refractivity contribution in [3.8, 4) is 0 Å². The van der Waals surface area contributed by atoms with E-state index in [0.717, 1.165) is 11.0 Å². The van der Waals surface area contributed by atoms with Crippen LogP contribution >= 0.6 is 11.6 Å². The number of halogens is 1. The van der Waals surface area contributed by atoms with E-state index in [1.54, 1.807) is 0 Å². The molecule has 2 nitrogen and oxygen atoms in total. The maximum absolute atomic E-state index is 5.52. The van der Waals surface area contributed by atoms with E-state index in [1.165, 1.54) is 0 Å². The van der Waals surface area contributed by atoms with E-state index in [1.807, 2.05) is 0 Å². The number of quaternary nitrogens is 1. The van der Waals surface area contributed by atoms with E-state index in [2.05, 4.69) is 21.1 Å². The van der Waals surface area contributed by atoms with E-state index in [0.29, 0.717) is 0 Å². The first kappa shape index (κ1) is 8.21. The van der Waals surface area contributed by atoms with E-state index in [-0.39, 0.29) is 5.50 Å². The molecule has 0 fully saturated rings. The van der Waals surface area contributed by atoms with Crippen LogP contribution in [0.3, 0.4) is 0 Å². The quantitative estimate of drug-likeness (QED) is 0.329. The zero-order valence-electron chi connectivity index (χ0n) is 5.69.